The number of rotatable bonds is 2. The normalized spacial score (nSPS) is 14.9. The van der Waals surface area contributed by atoms with Crippen LogP contribution in [0.1, 0.15) is 0 Å². The number of carboxylic acid groups (broad SMARTS) is 1. The van der Waals surface area contributed by atoms with Crippen molar-refractivity contribution in [1.29, 1.82) is 0 Å². The first-order valence-corrected chi connectivity index (χ1v) is 7.56. The van der Waals surface area contributed by atoms with E-state index in [9.17, 15) is 9.18 Å². The van der Waals surface area contributed by atoms with E-state index < -0.39 is 6.09 Å². The summed E-state index contributed by atoms with van der Waals surface area (Å²) < 4.78 is 14.1. The van der Waals surface area contributed by atoms with Crippen molar-refractivity contribution in [3.63, 3.8) is 0 Å². The zero-order valence-electron chi connectivity index (χ0n) is 12.2. The van der Waals surface area contributed by atoms with E-state index in [0.29, 0.717) is 48.1 Å². The van der Waals surface area contributed by atoms with Crippen molar-refractivity contribution in [2.24, 2.45) is 0 Å². The number of carbonyl (C=O) groups is 1. The molecule has 1 N–H and O–H groups in total. The molecule has 3 rings (SSSR count). The molecular formula is C16H15ClFN3O2. The summed E-state index contributed by atoms with van der Waals surface area (Å²) in [5, 5.41) is 9.33. The van der Waals surface area contributed by atoms with E-state index in [-0.39, 0.29) is 5.82 Å². The minimum absolute atomic E-state index is 0.352. The van der Waals surface area contributed by atoms with E-state index in [2.05, 4.69) is 4.98 Å². The average molecular weight is 336 g/mol. The zero-order chi connectivity index (χ0) is 16.4. The molecule has 0 bridgehead atoms. The van der Waals surface area contributed by atoms with E-state index in [0.717, 1.165) is 0 Å². The predicted molar refractivity (Wildman–Crippen MR) is 86.5 cm³/mol. The summed E-state index contributed by atoms with van der Waals surface area (Å²) >= 11 is 5.78. The van der Waals surface area contributed by atoms with Crippen LogP contribution in [0.4, 0.5) is 15.0 Å². The van der Waals surface area contributed by atoms with Gasteiger partial charge in [0.15, 0.2) is 0 Å². The van der Waals surface area contributed by atoms with E-state index in [4.69, 9.17) is 16.7 Å². The van der Waals surface area contributed by atoms with Gasteiger partial charge in [-0.05, 0) is 35.9 Å². The fraction of sp³-hybridized carbons (Fsp3) is 0.250. The van der Waals surface area contributed by atoms with Gasteiger partial charge in [0.05, 0.1) is 0 Å². The molecule has 0 saturated carbocycles. The van der Waals surface area contributed by atoms with Gasteiger partial charge in [-0.2, -0.15) is 0 Å². The summed E-state index contributed by atoms with van der Waals surface area (Å²) in [6, 6.07) is 8.11. The summed E-state index contributed by atoms with van der Waals surface area (Å²) in [5.41, 5.74) is 1.17. The molecule has 120 valence electrons. The van der Waals surface area contributed by atoms with E-state index in [1.807, 2.05) is 11.0 Å². The summed E-state index contributed by atoms with van der Waals surface area (Å²) in [5.74, 6) is 0.326. The van der Waals surface area contributed by atoms with E-state index in [1.165, 1.54) is 11.0 Å². The molecule has 1 saturated heterocycles. The molecule has 2 aromatic rings. The number of amides is 1. The van der Waals surface area contributed by atoms with Gasteiger partial charge in [0, 0.05) is 43.0 Å². The van der Waals surface area contributed by atoms with Gasteiger partial charge in [0.1, 0.15) is 11.6 Å². The Bertz CT molecular complexity index is 733. The quantitative estimate of drug-likeness (QED) is 0.914. The van der Waals surface area contributed by atoms with Crippen molar-refractivity contribution in [3.05, 3.63) is 47.4 Å². The highest BCUT2D eigenvalue weighted by Gasteiger charge is 2.21. The molecule has 7 heteroatoms. The average Bonchev–Trinajstić information content (AvgIpc) is 2.55. The minimum atomic E-state index is -0.908. The Morgan fingerprint density at radius 2 is 1.91 bits per heavy atom. The molecule has 1 fully saturated rings. The first-order chi connectivity index (χ1) is 11.0. The Morgan fingerprint density at radius 3 is 2.57 bits per heavy atom. The summed E-state index contributed by atoms with van der Waals surface area (Å²) in [6.07, 6.45) is 0.719. The van der Waals surface area contributed by atoms with Crippen molar-refractivity contribution in [2.75, 3.05) is 31.1 Å². The number of anilines is 1. The number of hydrogen-bond acceptors (Lipinski definition) is 3. The van der Waals surface area contributed by atoms with E-state index >= 15 is 0 Å². The number of hydrogen-bond donors (Lipinski definition) is 1. The second-order valence-electron chi connectivity index (χ2n) is 5.28. The lowest BCUT2D eigenvalue weighted by Crippen LogP contribution is -2.48. The fourth-order valence-electron chi connectivity index (χ4n) is 2.61. The van der Waals surface area contributed by atoms with Gasteiger partial charge in [0.2, 0.25) is 0 Å². The molecule has 1 aromatic heterocycles. The minimum Gasteiger partial charge on any atom is -0.465 e. The van der Waals surface area contributed by atoms with Gasteiger partial charge in [-0.1, -0.05) is 11.6 Å². The number of piperazine rings is 1. The first-order valence-electron chi connectivity index (χ1n) is 7.19. The Labute approximate surface area is 137 Å². The van der Waals surface area contributed by atoms with Crippen molar-refractivity contribution in [2.45, 2.75) is 0 Å². The van der Waals surface area contributed by atoms with Crippen LogP contribution in [0, 0.1) is 5.82 Å². The van der Waals surface area contributed by atoms with Gasteiger partial charge < -0.3 is 14.9 Å². The molecule has 1 amide bonds. The van der Waals surface area contributed by atoms with Crippen molar-refractivity contribution in [3.8, 4) is 11.1 Å². The molecule has 23 heavy (non-hydrogen) atoms. The number of benzene rings is 1. The zero-order valence-corrected chi connectivity index (χ0v) is 13.0. The molecule has 5 nitrogen and oxygen atoms in total. The molecule has 2 heterocycles. The van der Waals surface area contributed by atoms with Gasteiger partial charge in [-0.15, -0.1) is 0 Å². The smallest absolute Gasteiger partial charge is 0.407 e. The fourth-order valence-corrected chi connectivity index (χ4v) is 2.77. The lowest BCUT2D eigenvalue weighted by molar-refractivity contribution is 0.142. The predicted octanol–water partition coefficient (Wildman–Crippen LogP) is 3.34. The van der Waals surface area contributed by atoms with Crippen LogP contribution in [0.2, 0.25) is 5.02 Å². The highest BCUT2D eigenvalue weighted by Crippen LogP contribution is 2.27. The van der Waals surface area contributed by atoms with Crippen molar-refractivity contribution < 1.29 is 14.3 Å². The molecule has 0 radical (unpaired) electrons. The molecule has 0 unspecified atom stereocenters. The second-order valence-corrected chi connectivity index (χ2v) is 5.72. The summed E-state index contributed by atoms with van der Waals surface area (Å²) in [4.78, 5) is 18.6. The molecule has 0 atom stereocenters. The van der Waals surface area contributed by atoms with E-state index in [1.54, 1.807) is 24.4 Å². The summed E-state index contributed by atoms with van der Waals surface area (Å²) in [7, 11) is 0. The van der Waals surface area contributed by atoms with Crippen LogP contribution in [0.3, 0.4) is 0 Å². The van der Waals surface area contributed by atoms with Crippen LogP contribution in [-0.2, 0) is 0 Å². The van der Waals surface area contributed by atoms with Gasteiger partial charge >= 0.3 is 6.09 Å². The Kier molecular flexibility index (Phi) is 4.34. The summed E-state index contributed by atoms with van der Waals surface area (Å²) in [6.45, 7) is 1.98. The van der Waals surface area contributed by atoms with Crippen molar-refractivity contribution in [1.82, 2.24) is 9.88 Å². The molecule has 1 aromatic carbocycles. The third-order valence-corrected chi connectivity index (χ3v) is 4.10. The molecule has 0 spiro atoms. The maximum atomic E-state index is 14.1. The lowest BCUT2D eigenvalue weighted by Gasteiger charge is -2.34. The number of aromatic nitrogens is 1. The maximum Gasteiger partial charge on any atom is 0.407 e. The Balaban J connectivity index is 1.82. The third-order valence-electron chi connectivity index (χ3n) is 3.86. The van der Waals surface area contributed by atoms with Crippen LogP contribution in [0.25, 0.3) is 11.1 Å². The highest BCUT2D eigenvalue weighted by molar-refractivity contribution is 6.30. The third kappa shape index (κ3) is 3.37. The van der Waals surface area contributed by atoms with Gasteiger partial charge in [0.25, 0.3) is 0 Å². The van der Waals surface area contributed by atoms with Crippen molar-refractivity contribution >= 4 is 23.5 Å². The number of halogens is 2. The number of nitrogens with zero attached hydrogens (tertiary/aromatic N) is 3. The van der Waals surface area contributed by atoms with Crippen LogP contribution < -0.4 is 4.90 Å². The van der Waals surface area contributed by atoms with Crippen LogP contribution in [0.5, 0.6) is 0 Å². The SMILES string of the molecule is O=C(O)N1CCN(c2cc(-c3ccc(Cl)cc3F)ccn2)CC1. The van der Waals surface area contributed by atoms with Crippen LogP contribution >= 0.6 is 11.6 Å². The Morgan fingerprint density at radius 1 is 1.17 bits per heavy atom. The lowest BCUT2D eigenvalue weighted by atomic mass is 10.1. The molecule has 0 aliphatic carbocycles. The largest absolute Gasteiger partial charge is 0.465 e. The van der Waals surface area contributed by atoms with Gasteiger partial charge in [-0.25, -0.2) is 14.2 Å². The maximum absolute atomic E-state index is 14.1. The topological polar surface area (TPSA) is 56.7 Å². The highest BCUT2D eigenvalue weighted by atomic mass is 35.5. The molecule has 1 aliphatic rings. The van der Waals surface area contributed by atoms with Crippen LogP contribution in [0.15, 0.2) is 36.5 Å². The molecule has 1 aliphatic heterocycles. The molecular weight excluding hydrogens is 321 g/mol. The Hall–Kier alpha value is -2.34. The first kappa shape index (κ1) is 15.6. The number of pyridine rings is 1. The van der Waals surface area contributed by atoms with Gasteiger partial charge in [-0.3, -0.25) is 0 Å². The van der Waals surface area contributed by atoms with Crippen LogP contribution in [-0.4, -0.2) is 47.3 Å². The second kappa shape index (κ2) is 6.42. The monoisotopic (exact) mass is 335 g/mol. The standard InChI is InChI=1S/C16H15ClFN3O2/c17-12-1-2-13(14(18)10-12)11-3-4-19-15(9-11)20-5-7-21(8-6-20)16(22)23/h1-4,9-10H,5-8H2,(H,22,23).